The highest BCUT2D eigenvalue weighted by molar-refractivity contribution is 7.85. The summed E-state index contributed by atoms with van der Waals surface area (Å²) >= 11 is 0. The fraction of sp³-hybridized carbons (Fsp3) is 0.625. The van der Waals surface area contributed by atoms with Crippen molar-refractivity contribution in [3.63, 3.8) is 0 Å². The van der Waals surface area contributed by atoms with Crippen LogP contribution in [0.25, 0.3) is 0 Å². The predicted octanol–water partition coefficient (Wildman–Crippen LogP) is 3.10. The van der Waals surface area contributed by atoms with Gasteiger partial charge in [0.05, 0.1) is 23.2 Å². The Balaban J connectivity index is 2.08. The molecule has 0 aromatic heterocycles. The van der Waals surface area contributed by atoms with Crippen LogP contribution in [0.4, 0.5) is 0 Å². The zero-order valence-corrected chi connectivity index (χ0v) is 13.2. The molecule has 4 unspecified atom stereocenters. The van der Waals surface area contributed by atoms with E-state index in [2.05, 4.69) is 6.92 Å². The Morgan fingerprint density at radius 3 is 2.60 bits per heavy atom. The molecule has 1 aromatic rings. The first-order valence-electron chi connectivity index (χ1n) is 7.46. The van der Waals surface area contributed by atoms with E-state index in [1.54, 1.807) is 7.11 Å². The van der Waals surface area contributed by atoms with E-state index in [4.69, 9.17) is 10.5 Å². The van der Waals surface area contributed by atoms with Gasteiger partial charge in [-0.2, -0.15) is 0 Å². The molecule has 1 saturated carbocycles. The highest BCUT2D eigenvalue weighted by atomic mass is 32.2. The molecule has 0 radical (unpaired) electrons. The molecule has 112 valence electrons. The number of ether oxygens (including phenoxy) is 1. The van der Waals surface area contributed by atoms with E-state index in [-0.39, 0.29) is 11.3 Å². The maximum absolute atomic E-state index is 12.7. The number of rotatable bonds is 5. The fourth-order valence-corrected chi connectivity index (χ4v) is 4.69. The van der Waals surface area contributed by atoms with Crippen molar-refractivity contribution in [3.8, 4) is 5.75 Å². The highest BCUT2D eigenvalue weighted by Gasteiger charge is 2.32. The van der Waals surface area contributed by atoms with E-state index >= 15 is 0 Å². The largest absolute Gasteiger partial charge is 0.497 e. The predicted molar refractivity (Wildman–Crippen MR) is 83.4 cm³/mol. The van der Waals surface area contributed by atoms with Crippen molar-refractivity contribution in [1.82, 2.24) is 0 Å². The monoisotopic (exact) mass is 295 g/mol. The SMILES string of the molecule is CCCC1CCC(N)C(S(=O)c2ccc(OC)cc2)C1. The van der Waals surface area contributed by atoms with Crippen LogP contribution in [-0.2, 0) is 10.8 Å². The minimum Gasteiger partial charge on any atom is -0.497 e. The lowest BCUT2D eigenvalue weighted by Crippen LogP contribution is -2.42. The van der Waals surface area contributed by atoms with E-state index < -0.39 is 10.8 Å². The lowest BCUT2D eigenvalue weighted by atomic mass is 9.83. The molecule has 1 aliphatic carbocycles. The Morgan fingerprint density at radius 1 is 1.30 bits per heavy atom. The lowest BCUT2D eigenvalue weighted by molar-refractivity contribution is 0.313. The number of benzene rings is 1. The van der Waals surface area contributed by atoms with Crippen LogP contribution in [-0.4, -0.2) is 22.6 Å². The number of hydrogen-bond acceptors (Lipinski definition) is 3. The smallest absolute Gasteiger partial charge is 0.118 e. The van der Waals surface area contributed by atoms with Gasteiger partial charge in [-0.25, -0.2) is 0 Å². The van der Waals surface area contributed by atoms with Gasteiger partial charge in [-0.15, -0.1) is 0 Å². The van der Waals surface area contributed by atoms with Crippen molar-refractivity contribution >= 4 is 10.8 Å². The minimum atomic E-state index is -1.02. The van der Waals surface area contributed by atoms with Gasteiger partial charge in [0.15, 0.2) is 0 Å². The van der Waals surface area contributed by atoms with Gasteiger partial charge in [0.2, 0.25) is 0 Å². The van der Waals surface area contributed by atoms with Crippen molar-refractivity contribution in [2.45, 2.75) is 55.2 Å². The number of nitrogens with two attached hydrogens (primary N) is 1. The summed E-state index contributed by atoms with van der Waals surface area (Å²) < 4.78 is 17.9. The molecular formula is C16H25NO2S. The molecule has 0 spiro atoms. The average molecular weight is 295 g/mol. The molecule has 2 rings (SSSR count). The van der Waals surface area contributed by atoms with Gasteiger partial charge < -0.3 is 10.5 Å². The lowest BCUT2D eigenvalue weighted by Gasteiger charge is -2.33. The summed E-state index contributed by atoms with van der Waals surface area (Å²) in [5.74, 6) is 1.48. The van der Waals surface area contributed by atoms with Crippen molar-refractivity contribution in [3.05, 3.63) is 24.3 Å². The molecule has 0 aliphatic heterocycles. The summed E-state index contributed by atoms with van der Waals surface area (Å²) in [6.45, 7) is 2.21. The van der Waals surface area contributed by atoms with Gasteiger partial charge in [-0.1, -0.05) is 19.8 Å². The van der Waals surface area contributed by atoms with Crippen molar-refractivity contribution < 1.29 is 8.95 Å². The molecular weight excluding hydrogens is 270 g/mol. The van der Waals surface area contributed by atoms with E-state index in [0.717, 1.165) is 23.5 Å². The van der Waals surface area contributed by atoms with Gasteiger partial charge in [-0.3, -0.25) is 4.21 Å². The summed E-state index contributed by atoms with van der Waals surface area (Å²) in [5, 5.41) is 0.0914. The molecule has 0 bridgehead atoms. The Kier molecular flexibility index (Phi) is 5.61. The molecule has 0 saturated heterocycles. The highest BCUT2D eigenvalue weighted by Crippen LogP contribution is 2.32. The quantitative estimate of drug-likeness (QED) is 0.908. The molecule has 0 amide bonds. The first-order valence-corrected chi connectivity index (χ1v) is 8.67. The molecule has 4 atom stereocenters. The first kappa shape index (κ1) is 15.5. The van der Waals surface area contributed by atoms with E-state index in [1.807, 2.05) is 24.3 Å². The topological polar surface area (TPSA) is 52.3 Å². The second-order valence-corrected chi connectivity index (χ2v) is 7.31. The summed E-state index contributed by atoms with van der Waals surface area (Å²) in [6.07, 6.45) is 5.60. The molecule has 2 N–H and O–H groups in total. The second-order valence-electron chi connectivity index (χ2n) is 5.64. The third-order valence-electron chi connectivity index (χ3n) is 4.22. The maximum atomic E-state index is 12.7. The Bertz CT molecular complexity index is 446. The first-order chi connectivity index (χ1) is 9.65. The summed E-state index contributed by atoms with van der Waals surface area (Å²) in [7, 11) is 0.622. The van der Waals surface area contributed by atoms with Crippen LogP contribution < -0.4 is 10.5 Å². The summed E-state index contributed by atoms with van der Waals surface area (Å²) in [5.41, 5.74) is 6.21. The molecule has 1 aromatic carbocycles. The molecule has 1 aliphatic rings. The molecule has 3 nitrogen and oxygen atoms in total. The van der Waals surface area contributed by atoms with Crippen LogP contribution in [0, 0.1) is 5.92 Å². The van der Waals surface area contributed by atoms with Crippen molar-refractivity contribution in [2.24, 2.45) is 11.7 Å². The average Bonchev–Trinajstić information content (AvgIpc) is 2.49. The third-order valence-corrected chi connectivity index (χ3v) is 6.04. The van der Waals surface area contributed by atoms with Crippen LogP contribution in [0.1, 0.15) is 39.0 Å². The molecule has 1 fully saturated rings. The Labute approximate surface area is 124 Å². The van der Waals surface area contributed by atoms with E-state index in [1.165, 1.54) is 19.3 Å². The third kappa shape index (κ3) is 3.61. The summed E-state index contributed by atoms with van der Waals surface area (Å²) in [6, 6.07) is 7.58. The van der Waals surface area contributed by atoms with E-state index in [9.17, 15) is 4.21 Å². The zero-order chi connectivity index (χ0) is 14.5. The van der Waals surface area contributed by atoms with Gasteiger partial charge in [0.1, 0.15) is 5.75 Å². The molecule has 20 heavy (non-hydrogen) atoms. The number of methoxy groups -OCH3 is 1. The van der Waals surface area contributed by atoms with Crippen LogP contribution in [0.5, 0.6) is 5.75 Å². The summed E-state index contributed by atoms with van der Waals surface area (Å²) in [4.78, 5) is 0.864. The normalized spacial score (nSPS) is 28.1. The minimum absolute atomic E-state index is 0.0611. The Morgan fingerprint density at radius 2 is 2.00 bits per heavy atom. The number of hydrogen-bond donors (Lipinski definition) is 1. The van der Waals surface area contributed by atoms with Crippen molar-refractivity contribution in [2.75, 3.05) is 7.11 Å². The maximum Gasteiger partial charge on any atom is 0.118 e. The second kappa shape index (κ2) is 7.23. The van der Waals surface area contributed by atoms with Crippen LogP contribution in [0.15, 0.2) is 29.2 Å². The fourth-order valence-electron chi connectivity index (χ4n) is 3.04. The van der Waals surface area contributed by atoms with Crippen LogP contribution in [0.3, 0.4) is 0 Å². The van der Waals surface area contributed by atoms with Crippen molar-refractivity contribution in [1.29, 1.82) is 0 Å². The van der Waals surface area contributed by atoms with E-state index in [0.29, 0.717) is 5.92 Å². The van der Waals surface area contributed by atoms with Gasteiger partial charge in [0.25, 0.3) is 0 Å². The van der Waals surface area contributed by atoms with Gasteiger partial charge in [-0.05, 0) is 49.4 Å². The standard InChI is InChI=1S/C16H25NO2S/c1-3-4-12-5-10-15(17)16(11-12)20(18)14-8-6-13(19-2)7-9-14/h6-9,12,15-16H,3-5,10-11,17H2,1-2H3. The van der Waals surface area contributed by atoms with Crippen LogP contribution >= 0.6 is 0 Å². The molecule has 4 heteroatoms. The van der Waals surface area contributed by atoms with Gasteiger partial charge >= 0.3 is 0 Å². The van der Waals surface area contributed by atoms with Crippen LogP contribution in [0.2, 0.25) is 0 Å². The van der Waals surface area contributed by atoms with Gasteiger partial charge in [0, 0.05) is 10.9 Å². The molecule has 0 heterocycles. The zero-order valence-electron chi connectivity index (χ0n) is 12.4. The Hall–Kier alpha value is -0.870.